The number of hydrogen-bond donors (Lipinski definition) is 1. The van der Waals surface area contributed by atoms with Gasteiger partial charge in [0, 0.05) is 11.6 Å². The van der Waals surface area contributed by atoms with Gasteiger partial charge in [0.1, 0.15) is 5.75 Å². The third kappa shape index (κ3) is 6.42. The zero-order valence-corrected chi connectivity index (χ0v) is 16.9. The second-order valence-corrected chi connectivity index (χ2v) is 7.27. The van der Waals surface area contributed by atoms with Crippen molar-refractivity contribution in [2.24, 2.45) is 0 Å². The molecule has 0 fully saturated rings. The summed E-state index contributed by atoms with van der Waals surface area (Å²) in [6.45, 7) is 4.20. The first-order chi connectivity index (χ1) is 11.8. The third-order valence-corrected chi connectivity index (χ3v) is 4.18. The van der Waals surface area contributed by atoms with Crippen LogP contribution in [0.15, 0.2) is 40.9 Å². The van der Waals surface area contributed by atoms with Crippen LogP contribution in [0, 0.1) is 0 Å². The first-order valence-corrected chi connectivity index (χ1v) is 9.19. The van der Waals surface area contributed by atoms with E-state index < -0.39 is 0 Å². The highest BCUT2D eigenvalue weighted by atomic mass is 79.9. The van der Waals surface area contributed by atoms with Gasteiger partial charge in [-0.2, -0.15) is 0 Å². The topological polar surface area (TPSA) is 47.6 Å². The number of amides is 1. The molecule has 25 heavy (non-hydrogen) atoms. The molecule has 0 saturated carbocycles. The molecule has 7 heteroatoms. The monoisotopic (exact) mass is 445 g/mol. The van der Waals surface area contributed by atoms with E-state index in [-0.39, 0.29) is 18.6 Å². The second-order valence-electron chi connectivity index (χ2n) is 5.57. The van der Waals surface area contributed by atoms with Gasteiger partial charge in [0.25, 0.3) is 5.91 Å². The average Bonchev–Trinajstić information content (AvgIpc) is 2.52. The lowest BCUT2D eigenvalue weighted by Crippen LogP contribution is -2.28. The highest BCUT2D eigenvalue weighted by molar-refractivity contribution is 9.10. The molecule has 0 bridgehead atoms. The van der Waals surface area contributed by atoms with Crippen molar-refractivity contribution < 1.29 is 14.3 Å². The molecular formula is C18H18BrCl2NO3. The van der Waals surface area contributed by atoms with Crippen molar-refractivity contribution in [2.75, 3.05) is 6.61 Å². The molecule has 0 aliphatic carbocycles. The van der Waals surface area contributed by atoms with E-state index in [1.807, 2.05) is 38.1 Å². The Kier molecular flexibility index (Phi) is 7.41. The molecule has 2 aromatic carbocycles. The van der Waals surface area contributed by atoms with Crippen LogP contribution in [-0.4, -0.2) is 18.6 Å². The molecular weight excluding hydrogens is 429 g/mol. The fourth-order valence-corrected chi connectivity index (χ4v) is 3.38. The van der Waals surface area contributed by atoms with Crippen molar-refractivity contribution >= 4 is 45.0 Å². The van der Waals surface area contributed by atoms with Crippen molar-refractivity contribution in [1.29, 1.82) is 0 Å². The molecule has 2 rings (SSSR count). The summed E-state index contributed by atoms with van der Waals surface area (Å²) in [7, 11) is 0. The quantitative estimate of drug-likeness (QED) is 0.632. The summed E-state index contributed by atoms with van der Waals surface area (Å²) in [6.07, 6.45) is 0.127. The zero-order chi connectivity index (χ0) is 18.4. The van der Waals surface area contributed by atoms with Crippen LogP contribution in [0.1, 0.15) is 19.4 Å². The number of halogens is 3. The Balaban J connectivity index is 1.83. The molecule has 0 unspecified atom stereocenters. The third-order valence-electron chi connectivity index (χ3n) is 3.10. The van der Waals surface area contributed by atoms with Gasteiger partial charge in [-0.3, -0.25) is 4.79 Å². The minimum atomic E-state index is -0.250. The molecule has 4 nitrogen and oxygen atoms in total. The summed E-state index contributed by atoms with van der Waals surface area (Å²) in [5.41, 5.74) is 0.968. The highest BCUT2D eigenvalue weighted by Crippen LogP contribution is 2.35. The van der Waals surface area contributed by atoms with E-state index in [1.165, 1.54) is 0 Å². The summed E-state index contributed by atoms with van der Waals surface area (Å²) >= 11 is 15.3. The van der Waals surface area contributed by atoms with Gasteiger partial charge >= 0.3 is 0 Å². The molecule has 0 radical (unpaired) electrons. The number of carbonyl (C=O) groups is 1. The fraction of sp³-hybridized carbons (Fsp3) is 0.278. The Morgan fingerprint density at radius 3 is 2.48 bits per heavy atom. The van der Waals surface area contributed by atoms with Gasteiger partial charge in [-0.25, -0.2) is 0 Å². The first-order valence-electron chi connectivity index (χ1n) is 7.65. The van der Waals surface area contributed by atoms with E-state index in [4.69, 9.17) is 32.7 Å². The summed E-state index contributed by atoms with van der Waals surface area (Å²) in [6, 6.07) is 10.8. The van der Waals surface area contributed by atoms with E-state index in [2.05, 4.69) is 21.2 Å². The van der Waals surface area contributed by atoms with Crippen molar-refractivity contribution in [3.05, 3.63) is 56.5 Å². The largest absolute Gasteiger partial charge is 0.491 e. The summed E-state index contributed by atoms with van der Waals surface area (Å²) in [4.78, 5) is 11.9. The predicted molar refractivity (Wildman–Crippen MR) is 104 cm³/mol. The Hall–Kier alpha value is -1.43. The number of carbonyl (C=O) groups excluding carboxylic acids is 1. The van der Waals surface area contributed by atoms with Crippen LogP contribution in [-0.2, 0) is 11.3 Å². The maximum Gasteiger partial charge on any atom is 0.258 e. The van der Waals surface area contributed by atoms with E-state index in [0.29, 0.717) is 26.8 Å². The molecule has 1 N–H and O–H groups in total. The number of nitrogens with one attached hydrogen (secondary N) is 1. The van der Waals surface area contributed by atoms with Gasteiger partial charge in [0.2, 0.25) is 0 Å². The Morgan fingerprint density at radius 2 is 1.88 bits per heavy atom. The molecule has 0 spiro atoms. The van der Waals surface area contributed by atoms with Crippen LogP contribution in [0.2, 0.25) is 10.0 Å². The van der Waals surface area contributed by atoms with Crippen molar-refractivity contribution in [2.45, 2.75) is 26.5 Å². The van der Waals surface area contributed by atoms with Crippen LogP contribution in [0.3, 0.4) is 0 Å². The summed E-state index contributed by atoms with van der Waals surface area (Å²) in [5, 5.41) is 3.62. The number of hydrogen-bond acceptors (Lipinski definition) is 3. The van der Waals surface area contributed by atoms with Crippen LogP contribution < -0.4 is 14.8 Å². The highest BCUT2D eigenvalue weighted by Gasteiger charge is 2.11. The van der Waals surface area contributed by atoms with E-state index in [9.17, 15) is 4.79 Å². The van der Waals surface area contributed by atoms with Gasteiger partial charge in [0.15, 0.2) is 12.4 Å². The molecule has 0 saturated heterocycles. The number of ether oxygens (including phenoxy) is 2. The number of rotatable bonds is 7. The van der Waals surface area contributed by atoms with Gasteiger partial charge in [-0.1, -0.05) is 35.3 Å². The zero-order valence-electron chi connectivity index (χ0n) is 13.8. The maximum absolute atomic E-state index is 11.9. The van der Waals surface area contributed by atoms with Crippen molar-refractivity contribution in [3.8, 4) is 11.5 Å². The summed E-state index contributed by atoms with van der Waals surface area (Å²) in [5.74, 6) is 0.937. The SMILES string of the molecule is CC(C)Oc1ccc(CNC(=O)COc2c(Cl)cc(Cl)cc2Br)cc1. The minimum absolute atomic E-state index is 0.127. The van der Waals surface area contributed by atoms with Crippen molar-refractivity contribution in [3.63, 3.8) is 0 Å². The Labute approximate surface area is 165 Å². The molecule has 0 aliphatic heterocycles. The molecule has 0 atom stereocenters. The van der Waals surface area contributed by atoms with Crippen LogP contribution in [0.4, 0.5) is 0 Å². The molecule has 0 heterocycles. The molecule has 134 valence electrons. The normalized spacial score (nSPS) is 10.6. The molecule has 0 aromatic heterocycles. The van der Waals surface area contributed by atoms with Crippen LogP contribution in [0.5, 0.6) is 11.5 Å². The first kappa shape index (κ1) is 19.9. The smallest absolute Gasteiger partial charge is 0.258 e. The predicted octanol–water partition coefficient (Wildman–Crippen LogP) is 5.24. The van der Waals surface area contributed by atoms with E-state index >= 15 is 0 Å². The Bertz CT molecular complexity index is 713. The molecule has 1 amide bonds. The summed E-state index contributed by atoms with van der Waals surface area (Å²) < 4.78 is 11.6. The van der Waals surface area contributed by atoms with Crippen LogP contribution >= 0.6 is 39.1 Å². The fourth-order valence-electron chi connectivity index (χ4n) is 2.01. The van der Waals surface area contributed by atoms with Crippen molar-refractivity contribution in [1.82, 2.24) is 5.32 Å². The number of benzene rings is 2. The maximum atomic E-state index is 11.9. The van der Waals surface area contributed by atoms with Gasteiger partial charge in [-0.05, 0) is 59.6 Å². The standard InChI is InChI=1S/C18H18BrCl2NO3/c1-11(2)25-14-5-3-12(4-6-14)9-22-17(23)10-24-18-15(19)7-13(20)8-16(18)21/h3-8,11H,9-10H2,1-2H3,(H,22,23). The van der Waals surface area contributed by atoms with Gasteiger partial charge in [-0.15, -0.1) is 0 Å². The van der Waals surface area contributed by atoms with E-state index in [1.54, 1.807) is 12.1 Å². The Morgan fingerprint density at radius 1 is 1.20 bits per heavy atom. The lowest BCUT2D eigenvalue weighted by Gasteiger charge is -2.12. The lowest BCUT2D eigenvalue weighted by molar-refractivity contribution is -0.123. The average molecular weight is 447 g/mol. The van der Waals surface area contributed by atoms with Crippen LogP contribution in [0.25, 0.3) is 0 Å². The molecule has 2 aromatic rings. The minimum Gasteiger partial charge on any atom is -0.491 e. The van der Waals surface area contributed by atoms with Gasteiger partial charge < -0.3 is 14.8 Å². The second kappa shape index (κ2) is 9.32. The molecule has 0 aliphatic rings. The van der Waals surface area contributed by atoms with Gasteiger partial charge in [0.05, 0.1) is 15.6 Å². The van der Waals surface area contributed by atoms with E-state index in [0.717, 1.165) is 11.3 Å². The lowest BCUT2D eigenvalue weighted by atomic mass is 10.2.